The van der Waals surface area contributed by atoms with Gasteiger partial charge in [-0.15, -0.1) is 0 Å². The fourth-order valence-corrected chi connectivity index (χ4v) is 4.59. The number of carbonyl (C=O) groups excluding carboxylic acids is 1. The second-order valence-corrected chi connectivity index (χ2v) is 9.76. The molecule has 0 saturated carbocycles. The smallest absolute Gasteiger partial charge is 0.251 e. The lowest BCUT2D eigenvalue weighted by molar-refractivity contribution is 0.0938. The Hall–Kier alpha value is -4.31. The van der Waals surface area contributed by atoms with E-state index in [1.807, 2.05) is 55.5 Å². The molecule has 0 aliphatic rings. The number of aryl methyl sites for hydroxylation is 3. The zero-order valence-corrected chi connectivity index (χ0v) is 21.5. The number of hydrogen-bond donors (Lipinski definition) is 1. The van der Waals surface area contributed by atoms with Crippen molar-refractivity contribution in [3.63, 3.8) is 0 Å². The number of nitrogens with zero attached hydrogens (tertiary/aromatic N) is 2. The third-order valence-electron chi connectivity index (χ3n) is 6.60. The van der Waals surface area contributed by atoms with Gasteiger partial charge in [0.15, 0.2) is 0 Å². The molecular weight excluding hydrogens is 454 g/mol. The maximum absolute atomic E-state index is 13.1. The first-order chi connectivity index (χ1) is 18.0. The largest absolute Gasteiger partial charge is 0.350 e. The van der Waals surface area contributed by atoms with Crippen LogP contribution in [-0.2, 0) is 6.42 Å². The number of amides is 1. The Morgan fingerprint density at radius 2 is 1.35 bits per heavy atom. The van der Waals surface area contributed by atoms with E-state index in [9.17, 15) is 4.79 Å². The second kappa shape index (κ2) is 10.8. The van der Waals surface area contributed by atoms with Gasteiger partial charge in [-0.1, -0.05) is 77.9 Å². The van der Waals surface area contributed by atoms with Crippen molar-refractivity contribution in [1.82, 2.24) is 15.3 Å². The van der Waals surface area contributed by atoms with E-state index in [-0.39, 0.29) is 11.9 Å². The van der Waals surface area contributed by atoms with Crippen LogP contribution in [0.3, 0.4) is 0 Å². The molecule has 0 radical (unpaired) electrons. The van der Waals surface area contributed by atoms with Gasteiger partial charge in [-0.25, -0.2) is 9.97 Å². The first-order valence-corrected chi connectivity index (χ1v) is 12.8. The van der Waals surface area contributed by atoms with Gasteiger partial charge in [0.05, 0.1) is 22.4 Å². The standard InChI is InChI=1S/C33H31N3O/c1-22-9-7-13-26(19-22)31-32(27-14-8-10-23(2)20-27)36-30-21-28(17-18-29(30)35-31)33(37)34-24(3)15-16-25-11-5-4-6-12-25/h4-14,17-21,24H,15-16H2,1-3H3,(H,34,37). The summed E-state index contributed by atoms with van der Waals surface area (Å²) in [7, 11) is 0. The van der Waals surface area contributed by atoms with E-state index in [1.54, 1.807) is 0 Å². The lowest BCUT2D eigenvalue weighted by Gasteiger charge is -2.15. The van der Waals surface area contributed by atoms with E-state index in [4.69, 9.17) is 9.97 Å². The summed E-state index contributed by atoms with van der Waals surface area (Å²) in [6.45, 7) is 6.20. The van der Waals surface area contributed by atoms with Crippen molar-refractivity contribution in [1.29, 1.82) is 0 Å². The molecular formula is C33H31N3O. The van der Waals surface area contributed by atoms with Crippen molar-refractivity contribution in [3.8, 4) is 22.5 Å². The van der Waals surface area contributed by atoms with Gasteiger partial charge >= 0.3 is 0 Å². The highest BCUT2D eigenvalue weighted by Crippen LogP contribution is 2.32. The van der Waals surface area contributed by atoms with Crippen LogP contribution in [-0.4, -0.2) is 21.9 Å². The van der Waals surface area contributed by atoms with Crippen LogP contribution in [0.25, 0.3) is 33.5 Å². The van der Waals surface area contributed by atoms with Crippen LogP contribution in [0, 0.1) is 13.8 Å². The molecule has 37 heavy (non-hydrogen) atoms. The minimum atomic E-state index is -0.0934. The summed E-state index contributed by atoms with van der Waals surface area (Å²) in [5.41, 5.74) is 9.36. The molecule has 1 unspecified atom stereocenters. The average molecular weight is 486 g/mol. The van der Waals surface area contributed by atoms with Crippen molar-refractivity contribution in [2.75, 3.05) is 0 Å². The fourth-order valence-electron chi connectivity index (χ4n) is 4.59. The van der Waals surface area contributed by atoms with Crippen molar-refractivity contribution >= 4 is 16.9 Å². The van der Waals surface area contributed by atoms with E-state index in [1.165, 1.54) is 11.1 Å². The Kier molecular flexibility index (Phi) is 7.09. The topological polar surface area (TPSA) is 54.9 Å². The third kappa shape index (κ3) is 5.75. The minimum Gasteiger partial charge on any atom is -0.350 e. The first kappa shape index (κ1) is 24.4. The fraction of sp³-hybridized carbons (Fsp3) is 0.182. The van der Waals surface area contributed by atoms with Crippen LogP contribution in [0.4, 0.5) is 0 Å². The van der Waals surface area contributed by atoms with Crippen LogP contribution in [0.15, 0.2) is 97.1 Å². The molecule has 1 heterocycles. The van der Waals surface area contributed by atoms with Gasteiger partial charge in [0.2, 0.25) is 0 Å². The highest BCUT2D eigenvalue weighted by Gasteiger charge is 2.16. The van der Waals surface area contributed by atoms with Gasteiger partial charge in [-0.05, 0) is 69.5 Å². The maximum Gasteiger partial charge on any atom is 0.251 e. The monoisotopic (exact) mass is 485 g/mol. The first-order valence-electron chi connectivity index (χ1n) is 12.8. The van der Waals surface area contributed by atoms with E-state index < -0.39 is 0 Å². The van der Waals surface area contributed by atoms with Crippen LogP contribution in [0.2, 0.25) is 0 Å². The second-order valence-electron chi connectivity index (χ2n) is 9.76. The van der Waals surface area contributed by atoms with Crippen molar-refractivity contribution in [2.24, 2.45) is 0 Å². The van der Waals surface area contributed by atoms with E-state index >= 15 is 0 Å². The number of aromatic nitrogens is 2. The number of fused-ring (bicyclic) bond motifs is 1. The molecule has 0 spiro atoms. The molecule has 0 aliphatic heterocycles. The van der Waals surface area contributed by atoms with E-state index in [2.05, 4.69) is 67.7 Å². The number of benzene rings is 4. The molecule has 0 fully saturated rings. The highest BCUT2D eigenvalue weighted by atomic mass is 16.1. The lowest BCUT2D eigenvalue weighted by atomic mass is 10.0. The van der Waals surface area contributed by atoms with E-state index in [0.717, 1.165) is 46.4 Å². The molecule has 0 bridgehead atoms. The predicted octanol–water partition coefficient (Wildman–Crippen LogP) is 7.33. The number of nitrogens with one attached hydrogen (secondary N) is 1. The molecule has 4 nitrogen and oxygen atoms in total. The van der Waals surface area contributed by atoms with Crippen LogP contribution < -0.4 is 5.32 Å². The molecule has 5 aromatic rings. The van der Waals surface area contributed by atoms with Crippen LogP contribution >= 0.6 is 0 Å². The number of rotatable bonds is 7. The summed E-state index contributed by atoms with van der Waals surface area (Å²) < 4.78 is 0. The molecule has 1 atom stereocenters. The van der Waals surface area contributed by atoms with Gasteiger partial charge in [0.1, 0.15) is 0 Å². The van der Waals surface area contributed by atoms with Crippen LogP contribution in [0.1, 0.15) is 40.4 Å². The number of carbonyl (C=O) groups is 1. The summed E-state index contributed by atoms with van der Waals surface area (Å²) in [4.78, 5) is 23.1. The molecule has 0 aliphatic carbocycles. The predicted molar refractivity (Wildman–Crippen MR) is 152 cm³/mol. The van der Waals surface area contributed by atoms with E-state index in [0.29, 0.717) is 11.1 Å². The van der Waals surface area contributed by atoms with Gasteiger partial charge in [0, 0.05) is 22.7 Å². The molecule has 1 aromatic heterocycles. The molecule has 4 heteroatoms. The molecule has 0 saturated heterocycles. The summed E-state index contributed by atoms with van der Waals surface area (Å²) in [5, 5.41) is 3.14. The Balaban J connectivity index is 1.46. The molecule has 184 valence electrons. The summed E-state index contributed by atoms with van der Waals surface area (Å²) >= 11 is 0. The van der Waals surface area contributed by atoms with Crippen molar-refractivity contribution in [3.05, 3.63) is 119 Å². The van der Waals surface area contributed by atoms with Crippen LogP contribution in [0.5, 0.6) is 0 Å². The van der Waals surface area contributed by atoms with Crippen molar-refractivity contribution < 1.29 is 4.79 Å². The molecule has 1 amide bonds. The Morgan fingerprint density at radius 3 is 1.97 bits per heavy atom. The number of hydrogen-bond acceptors (Lipinski definition) is 3. The zero-order chi connectivity index (χ0) is 25.8. The quantitative estimate of drug-likeness (QED) is 0.262. The van der Waals surface area contributed by atoms with Crippen molar-refractivity contribution in [2.45, 2.75) is 39.7 Å². The maximum atomic E-state index is 13.1. The zero-order valence-electron chi connectivity index (χ0n) is 21.5. The molecule has 1 N–H and O–H groups in total. The Bertz CT molecular complexity index is 1560. The van der Waals surface area contributed by atoms with Gasteiger partial charge in [-0.2, -0.15) is 0 Å². The van der Waals surface area contributed by atoms with Gasteiger partial charge < -0.3 is 5.32 Å². The minimum absolute atomic E-state index is 0.0565. The Morgan fingerprint density at radius 1 is 0.730 bits per heavy atom. The average Bonchev–Trinajstić information content (AvgIpc) is 2.91. The summed E-state index contributed by atoms with van der Waals surface area (Å²) in [5.74, 6) is -0.0934. The van der Waals surface area contributed by atoms with Gasteiger partial charge in [0.25, 0.3) is 5.91 Å². The Labute approximate surface area is 218 Å². The molecule has 4 aromatic carbocycles. The molecule has 5 rings (SSSR count). The highest BCUT2D eigenvalue weighted by molar-refractivity contribution is 5.98. The summed E-state index contributed by atoms with van der Waals surface area (Å²) in [6.07, 6.45) is 1.80. The SMILES string of the molecule is Cc1cccc(-c2nc3ccc(C(=O)NC(C)CCc4ccccc4)cc3nc2-c2cccc(C)c2)c1. The summed E-state index contributed by atoms with van der Waals surface area (Å²) in [6, 6.07) is 32.6. The van der Waals surface area contributed by atoms with Gasteiger partial charge in [-0.3, -0.25) is 4.79 Å². The third-order valence-corrected chi connectivity index (χ3v) is 6.60. The normalized spacial score (nSPS) is 11.9. The lowest BCUT2D eigenvalue weighted by Crippen LogP contribution is -2.32.